The number of aromatic amines is 1. The summed E-state index contributed by atoms with van der Waals surface area (Å²) in [5.74, 6) is 5.65. The fourth-order valence-corrected chi connectivity index (χ4v) is 2.31. The van der Waals surface area contributed by atoms with Crippen molar-refractivity contribution in [2.24, 2.45) is 5.84 Å². The molecule has 0 aliphatic carbocycles. The molecule has 0 spiro atoms. The smallest absolute Gasteiger partial charge is 0.238 e. The van der Waals surface area contributed by atoms with Gasteiger partial charge in [0.15, 0.2) is 5.16 Å². The van der Waals surface area contributed by atoms with Crippen molar-refractivity contribution in [3.63, 3.8) is 0 Å². The zero-order valence-corrected chi connectivity index (χ0v) is 10.1. The molecule has 4 N–H and O–H groups in total. The molecule has 7 heteroatoms. The van der Waals surface area contributed by atoms with Gasteiger partial charge < -0.3 is 4.98 Å². The topological polar surface area (TPSA) is 92.5 Å². The van der Waals surface area contributed by atoms with E-state index in [0.29, 0.717) is 5.95 Å². The van der Waals surface area contributed by atoms with Gasteiger partial charge in [0.2, 0.25) is 5.95 Å². The van der Waals surface area contributed by atoms with Gasteiger partial charge in [0.25, 0.3) is 0 Å². The normalized spacial score (nSPS) is 10.7. The molecule has 18 heavy (non-hydrogen) atoms. The third-order valence-electron chi connectivity index (χ3n) is 2.33. The molecule has 0 aliphatic heterocycles. The van der Waals surface area contributed by atoms with E-state index in [4.69, 9.17) is 5.84 Å². The van der Waals surface area contributed by atoms with Gasteiger partial charge in [-0.05, 0) is 30.0 Å². The number of aromatic nitrogens is 4. The Morgan fingerprint density at radius 2 is 2.06 bits per heavy atom. The fourth-order valence-electron chi connectivity index (χ4n) is 1.55. The van der Waals surface area contributed by atoms with E-state index in [9.17, 15) is 0 Å². The van der Waals surface area contributed by atoms with Crippen molar-refractivity contribution in [1.29, 1.82) is 0 Å². The molecule has 0 fully saturated rings. The van der Waals surface area contributed by atoms with Crippen molar-refractivity contribution in [3.05, 3.63) is 36.5 Å². The molecule has 0 bridgehead atoms. The first kappa shape index (κ1) is 11.0. The lowest BCUT2D eigenvalue weighted by Gasteiger charge is -1.99. The number of nitrogens with one attached hydrogen (secondary N) is 2. The van der Waals surface area contributed by atoms with Gasteiger partial charge in [-0.25, -0.2) is 20.8 Å². The van der Waals surface area contributed by atoms with Crippen molar-refractivity contribution in [3.8, 4) is 0 Å². The number of hydrazine groups is 1. The summed E-state index contributed by atoms with van der Waals surface area (Å²) in [5, 5.41) is 1.56. The van der Waals surface area contributed by atoms with Gasteiger partial charge in [-0.15, -0.1) is 0 Å². The number of nitrogen functional groups attached to an aromatic ring is 1. The molecule has 0 unspecified atom stereocenters. The van der Waals surface area contributed by atoms with E-state index < -0.39 is 0 Å². The largest absolute Gasteiger partial charge is 0.333 e. The molecular weight excluding hydrogens is 248 g/mol. The van der Waals surface area contributed by atoms with Gasteiger partial charge in [-0.2, -0.15) is 0 Å². The van der Waals surface area contributed by atoms with Gasteiger partial charge in [0.1, 0.15) is 5.03 Å². The maximum absolute atomic E-state index is 5.27. The van der Waals surface area contributed by atoms with E-state index in [-0.39, 0.29) is 0 Å². The summed E-state index contributed by atoms with van der Waals surface area (Å²) in [6.45, 7) is 0. The average molecular weight is 258 g/mol. The molecule has 0 aliphatic rings. The van der Waals surface area contributed by atoms with Gasteiger partial charge in [0.05, 0.1) is 11.0 Å². The number of anilines is 1. The van der Waals surface area contributed by atoms with Crippen molar-refractivity contribution in [2.45, 2.75) is 10.2 Å². The lowest BCUT2D eigenvalue weighted by atomic mass is 10.3. The minimum absolute atomic E-state index is 0.385. The molecule has 1 aromatic carbocycles. The fraction of sp³-hybridized carbons (Fsp3) is 0. The lowest BCUT2D eigenvalue weighted by Crippen LogP contribution is -2.10. The Kier molecular flexibility index (Phi) is 2.83. The number of benzene rings is 1. The van der Waals surface area contributed by atoms with Crippen LogP contribution >= 0.6 is 11.8 Å². The van der Waals surface area contributed by atoms with Gasteiger partial charge in [0, 0.05) is 6.20 Å². The Morgan fingerprint density at radius 3 is 2.89 bits per heavy atom. The number of hydrogen-bond acceptors (Lipinski definition) is 6. The van der Waals surface area contributed by atoms with E-state index in [1.165, 1.54) is 11.8 Å². The Bertz CT molecular complexity index is 647. The van der Waals surface area contributed by atoms with Crippen LogP contribution < -0.4 is 11.3 Å². The average Bonchev–Trinajstić information content (AvgIpc) is 2.81. The summed E-state index contributed by atoms with van der Waals surface area (Å²) in [4.78, 5) is 15.8. The first-order valence-corrected chi connectivity index (χ1v) is 6.09. The zero-order chi connectivity index (χ0) is 12.4. The molecular formula is C11H10N6S. The highest BCUT2D eigenvalue weighted by Gasteiger charge is 2.05. The van der Waals surface area contributed by atoms with E-state index in [0.717, 1.165) is 21.2 Å². The van der Waals surface area contributed by atoms with Crippen LogP contribution in [0.25, 0.3) is 11.0 Å². The Balaban J connectivity index is 1.91. The molecule has 3 aromatic rings. The number of imidazole rings is 1. The zero-order valence-electron chi connectivity index (χ0n) is 9.29. The summed E-state index contributed by atoms with van der Waals surface area (Å²) in [5.41, 5.74) is 4.36. The number of nitrogens with zero attached hydrogens (tertiary/aromatic N) is 3. The summed E-state index contributed by atoms with van der Waals surface area (Å²) in [7, 11) is 0. The number of rotatable bonds is 3. The summed E-state index contributed by atoms with van der Waals surface area (Å²) < 4.78 is 0. The van der Waals surface area contributed by atoms with Crippen molar-refractivity contribution in [2.75, 3.05) is 5.43 Å². The molecule has 0 atom stereocenters. The van der Waals surface area contributed by atoms with E-state index in [2.05, 4.69) is 25.4 Å². The second-order valence-corrected chi connectivity index (χ2v) is 4.53. The van der Waals surface area contributed by atoms with Gasteiger partial charge in [-0.1, -0.05) is 12.1 Å². The lowest BCUT2D eigenvalue weighted by molar-refractivity contribution is 1.01. The van der Waals surface area contributed by atoms with Crippen LogP contribution in [0.1, 0.15) is 0 Å². The van der Waals surface area contributed by atoms with Crippen LogP contribution in [0.3, 0.4) is 0 Å². The third-order valence-corrected chi connectivity index (χ3v) is 3.15. The number of hydrogen-bond donors (Lipinski definition) is 3. The first-order chi connectivity index (χ1) is 8.85. The molecule has 0 amide bonds. The SMILES string of the molecule is NNc1nccc(Sc2nc3ccccc3[nH]2)n1. The molecule has 2 aromatic heterocycles. The minimum atomic E-state index is 0.385. The van der Waals surface area contributed by atoms with E-state index in [1.54, 1.807) is 12.3 Å². The van der Waals surface area contributed by atoms with Crippen LogP contribution in [-0.2, 0) is 0 Å². The van der Waals surface area contributed by atoms with E-state index in [1.807, 2.05) is 24.3 Å². The quantitative estimate of drug-likeness (QED) is 0.377. The van der Waals surface area contributed by atoms with Crippen molar-refractivity contribution < 1.29 is 0 Å². The number of H-pyrrole nitrogens is 1. The molecule has 2 heterocycles. The van der Waals surface area contributed by atoms with Crippen LogP contribution in [0.2, 0.25) is 0 Å². The Labute approximate surface area is 107 Å². The van der Waals surface area contributed by atoms with Crippen molar-refractivity contribution in [1.82, 2.24) is 19.9 Å². The first-order valence-electron chi connectivity index (χ1n) is 5.27. The number of para-hydroxylation sites is 2. The predicted octanol–water partition coefficient (Wildman–Crippen LogP) is 1.79. The minimum Gasteiger partial charge on any atom is -0.333 e. The van der Waals surface area contributed by atoms with Gasteiger partial charge in [-0.3, -0.25) is 5.43 Å². The highest BCUT2D eigenvalue weighted by atomic mass is 32.2. The molecule has 90 valence electrons. The van der Waals surface area contributed by atoms with Crippen LogP contribution in [0.4, 0.5) is 5.95 Å². The molecule has 3 rings (SSSR count). The Morgan fingerprint density at radius 1 is 1.17 bits per heavy atom. The maximum Gasteiger partial charge on any atom is 0.238 e. The highest BCUT2D eigenvalue weighted by Crippen LogP contribution is 2.25. The summed E-state index contributed by atoms with van der Waals surface area (Å²) >= 11 is 1.43. The van der Waals surface area contributed by atoms with Gasteiger partial charge >= 0.3 is 0 Å². The van der Waals surface area contributed by atoms with E-state index >= 15 is 0 Å². The Hall–Kier alpha value is -2.12. The number of fused-ring (bicyclic) bond motifs is 1. The van der Waals surface area contributed by atoms with Crippen LogP contribution in [-0.4, -0.2) is 19.9 Å². The highest BCUT2D eigenvalue weighted by molar-refractivity contribution is 7.99. The molecule has 0 radical (unpaired) electrons. The van der Waals surface area contributed by atoms with Crippen LogP contribution in [0, 0.1) is 0 Å². The summed E-state index contributed by atoms with van der Waals surface area (Å²) in [6, 6.07) is 9.68. The molecule has 0 saturated heterocycles. The third kappa shape index (κ3) is 2.13. The summed E-state index contributed by atoms with van der Waals surface area (Å²) in [6.07, 6.45) is 1.65. The molecule has 6 nitrogen and oxygen atoms in total. The monoisotopic (exact) mass is 258 g/mol. The van der Waals surface area contributed by atoms with Crippen LogP contribution in [0.5, 0.6) is 0 Å². The standard InChI is InChI=1S/C11H10N6S/c12-17-10-13-6-5-9(16-10)18-11-14-7-3-1-2-4-8(7)15-11/h1-6H,12H2,(H,14,15)(H,13,16,17). The maximum atomic E-state index is 5.27. The molecule has 0 saturated carbocycles. The predicted molar refractivity (Wildman–Crippen MR) is 70.1 cm³/mol. The number of nitrogens with two attached hydrogens (primary N) is 1. The van der Waals surface area contributed by atoms with Crippen LogP contribution in [0.15, 0.2) is 46.7 Å². The van der Waals surface area contributed by atoms with Crippen molar-refractivity contribution >= 4 is 28.7 Å². The second kappa shape index (κ2) is 4.63. The second-order valence-electron chi connectivity index (χ2n) is 3.52.